The van der Waals surface area contributed by atoms with Gasteiger partial charge in [0.25, 0.3) is 0 Å². The summed E-state index contributed by atoms with van der Waals surface area (Å²) in [4.78, 5) is 39.8. The largest absolute Gasteiger partial charge is 0.380 e. The zero-order valence-corrected chi connectivity index (χ0v) is 27.1. The van der Waals surface area contributed by atoms with Crippen molar-refractivity contribution in [3.05, 3.63) is 54.1 Å². The van der Waals surface area contributed by atoms with Crippen LogP contribution in [0.4, 0.5) is 5.69 Å². The molecule has 3 aromatic rings. The quantitative estimate of drug-likeness (QED) is 0.201. The Bertz CT molecular complexity index is 1430. The molecule has 0 spiro atoms. The van der Waals surface area contributed by atoms with Crippen LogP contribution in [0.2, 0.25) is 0 Å². The number of rotatable bonds is 17. The molecule has 1 aliphatic rings. The molecule has 10 heteroatoms. The number of amides is 2. The minimum absolute atomic E-state index is 0.00962. The number of ketones is 1. The van der Waals surface area contributed by atoms with Gasteiger partial charge in [-0.1, -0.05) is 75.4 Å². The van der Waals surface area contributed by atoms with Crippen molar-refractivity contribution in [2.24, 2.45) is 11.8 Å². The Morgan fingerprint density at radius 1 is 0.867 bits per heavy atom. The zero-order valence-electron chi connectivity index (χ0n) is 27.1. The number of hydrogen-bond acceptors (Lipinski definition) is 7. The number of nitrogens with zero attached hydrogens (tertiary/aromatic N) is 4. The minimum Gasteiger partial charge on any atom is -0.380 e. The highest BCUT2D eigenvalue weighted by molar-refractivity contribution is 6.01. The Kier molecular flexibility index (Phi) is 12.8. The topological polar surface area (TPSA) is 116 Å². The van der Waals surface area contributed by atoms with Gasteiger partial charge in [-0.05, 0) is 30.4 Å². The number of hydrogen-bond donors (Lipinski definition) is 1. The smallest absolute Gasteiger partial charge is 0.227 e. The van der Waals surface area contributed by atoms with Crippen LogP contribution in [0.15, 0.2) is 48.5 Å². The molecule has 242 valence electrons. The van der Waals surface area contributed by atoms with Crippen LogP contribution in [0.25, 0.3) is 22.5 Å². The molecule has 0 atom stereocenters. The average molecular weight is 618 g/mol. The van der Waals surface area contributed by atoms with Gasteiger partial charge < -0.3 is 19.7 Å². The molecule has 10 nitrogen and oxygen atoms in total. The highest BCUT2D eigenvalue weighted by atomic mass is 16.5. The third-order valence-electron chi connectivity index (χ3n) is 7.88. The fraction of sp³-hybridized carbons (Fsp3) is 0.514. The lowest BCUT2D eigenvalue weighted by Gasteiger charge is -2.28. The highest BCUT2D eigenvalue weighted by Gasteiger charge is 2.29. The first-order chi connectivity index (χ1) is 21.8. The molecule has 1 aromatic heterocycles. The maximum absolute atomic E-state index is 13.8. The van der Waals surface area contributed by atoms with Crippen LogP contribution in [0.1, 0.15) is 65.4 Å². The van der Waals surface area contributed by atoms with E-state index >= 15 is 0 Å². The van der Waals surface area contributed by atoms with Crippen molar-refractivity contribution >= 4 is 23.3 Å². The van der Waals surface area contributed by atoms with Gasteiger partial charge in [0.2, 0.25) is 11.8 Å². The fourth-order valence-electron chi connectivity index (χ4n) is 5.31. The van der Waals surface area contributed by atoms with Crippen molar-refractivity contribution in [3.8, 4) is 22.5 Å². The van der Waals surface area contributed by atoms with Gasteiger partial charge in [-0.3, -0.25) is 14.4 Å². The zero-order chi connectivity index (χ0) is 32.2. The summed E-state index contributed by atoms with van der Waals surface area (Å²) in [6.45, 7) is 11.2. The molecule has 2 amide bonds. The second kappa shape index (κ2) is 17.0. The number of nitrogens with one attached hydrogen (secondary N) is 1. The van der Waals surface area contributed by atoms with Gasteiger partial charge in [-0.2, -0.15) is 0 Å². The number of ether oxygens (including phenoxy) is 2. The summed E-state index contributed by atoms with van der Waals surface area (Å²) in [7, 11) is 0. The van der Waals surface area contributed by atoms with Gasteiger partial charge in [0.1, 0.15) is 11.5 Å². The molecule has 0 aliphatic carbocycles. The van der Waals surface area contributed by atoms with E-state index in [2.05, 4.69) is 29.5 Å². The van der Waals surface area contributed by atoms with E-state index in [9.17, 15) is 14.4 Å². The maximum Gasteiger partial charge on any atom is 0.227 e. The molecule has 4 rings (SSSR count). The van der Waals surface area contributed by atoms with Crippen LogP contribution in [-0.2, 0) is 36.9 Å². The number of para-hydroxylation sites is 1. The van der Waals surface area contributed by atoms with Gasteiger partial charge >= 0.3 is 0 Å². The van der Waals surface area contributed by atoms with E-state index in [1.807, 2.05) is 67.1 Å². The first kappa shape index (κ1) is 34.0. The minimum atomic E-state index is -0.219. The number of fused-ring (bicyclic) bond motifs is 5. The normalized spacial score (nSPS) is 12.4. The van der Waals surface area contributed by atoms with Gasteiger partial charge in [-0.15, -0.1) is 5.10 Å². The molecule has 1 aliphatic heterocycles. The summed E-state index contributed by atoms with van der Waals surface area (Å²) in [6, 6.07) is 15.7. The molecule has 2 heterocycles. The Hall–Kier alpha value is -3.89. The molecule has 2 aromatic carbocycles. The summed E-state index contributed by atoms with van der Waals surface area (Å²) in [5.74, 6) is 0.433. The molecule has 1 N–H and O–H groups in total. The maximum atomic E-state index is 13.8. The predicted octanol–water partition coefficient (Wildman–Crippen LogP) is 5.44. The van der Waals surface area contributed by atoms with Crippen LogP contribution in [0.3, 0.4) is 0 Å². The Balaban J connectivity index is 1.44. The highest BCUT2D eigenvalue weighted by Crippen LogP contribution is 2.41. The van der Waals surface area contributed by atoms with Crippen molar-refractivity contribution in [2.45, 2.75) is 72.9 Å². The van der Waals surface area contributed by atoms with Crippen molar-refractivity contribution in [2.75, 3.05) is 37.9 Å². The van der Waals surface area contributed by atoms with E-state index in [1.165, 1.54) is 0 Å². The van der Waals surface area contributed by atoms with Crippen LogP contribution in [0, 0.1) is 11.8 Å². The standard InChI is InChI=1S/C35H47N5O5/c1-25(2)10-9-20-44-23-19-40-35-29-13-7-8-14-30(29)39(24-27-11-5-6-12-28(27)34(35)37-38-40)33(43)16-15-32(42)36-18-22-45-21-17-31(41)26(3)4/h5-8,11-14,25-26H,9-10,15-24H2,1-4H3,(H,36,42). The monoisotopic (exact) mass is 617 g/mol. The van der Waals surface area contributed by atoms with Gasteiger partial charge in [-0.25, -0.2) is 4.68 Å². The van der Waals surface area contributed by atoms with Crippen molar-refractivity contribution < 1.29 is 23.9 Å². The number of carbonyl (C=O) groups is 3. The van der Waals surface area contributed by atoms with Crippen LogP contribution in [-0.4, -0.2) is 65.6 Å². The molecule has 0 saturated carbocycles. The summed E-state index contributed by atoms with van der Waals surface area (Å²) in [5, 5.41) is 11.9. The lowest BCUT2D eigenvalue weighted by Crippen LogP contribution is -2.34. The van der Waals surface area contributed by atoms with Crippen LogP contribution in [0.5, 0.6) is 0 Å². The summed E-state index contributed by atoms with van der Waals surface area (Å²) < 4.78 is 13.3. The number of carbonyl (C=O) groups excluding carboxylic acids is 3. The van der Waals surface area contributed by atoms with E-state index in [1.54, 1.807) is 4.90 Å². The van der Waals surface area contributed by atoms with E-state index in [4.69, 9.17) is 9.47 Å². The molecule has 0 fully saturated rings. The lowest BCUT2D eigenvalue weighted by molar-refractivity contribution is -0.125. The third kappa shape index (κ3) is 9.55. The molecular weight excluding hydrogens is 570 g/mol. The Morgan fingerprint density at radius 3 is 2.38 bits per heavy atom. The van der Waals surface area contributed by atoms with Crippen molar-refractivity contribution in [1.82, 2.24) is 20.3 Å². The van der Waals surface area contributed by atoms with Gasteiger partial charge in [0.05, 0.1) is 44.3 Å². The molecule has 45 heavy (non-hydrogen) atoms. The van der Waals surface area contributed by atoms with Crippen molar-refractivity contribution in [3.63, 3.8) is 0 Å². The summed E-state index contributed by atoms with van der Waals surface area (Å²) in [5.41, 5.74) is 5.12. The number of aromatic nitrogens is 3. The Morgan fingerprint density at radius 2 is 1.60 bits per heavy atom. The SMILES string of the molecule is CC(C)CCCOCCn1nnc2c1-c1ccccc1N(C(=O)CCC(=O)NCCOCCC(=O)C(C)C)Cc1ccccc1-2. The van der Waals surface area contributed by atoms with Crippen LogP contribution < -0.4 is 10.2 Å². The summed E-state index contributed by atoms with van der Waals surface area (Å²) >= 11 is 0. The second-order valence-corrected chi connectivity index (χ2v) is 12.1. The first-order valence-corrected chi connectivity index (χ1v) is 16.1. The number of anilines is 1. The number of Topliss-reactive ketones (excluding diaryl/α,β-unsaturated/α-hetero) is 1. The van der Waals surface area contributed by atoms with Crippen LogP contribution >= 0.6 is 0 Å². The predicted molar refractivity (Wildman–Crippen MR) is 174 cm³/mol. The van der Waals surface area contributed by atoms with E-state index in [0.29, 0.717) is 58.4 Å². The molecular formula is C35H47N5O5. The third-order valence-corrected chi connectivity index (χ3v) is 7.88. The molecule has 0 unspecified atom stereocenters. The van der Waals surface area contributed by atoms with Gasteiger partial charge in [0, 0.05) is 49.5 Å². The van der Waals surface area contributed by atoms with E-state index in [-0.39, 0.29) is 36.4 Å². The van der Waals surface area contributed by atoms with E-state index < -0.39 is 0 Å². The molecule has 0 radical (unpaired) electrons. The second-order valence-electron chi connectivity index (χ2n) is 12.1. The first-order valence-electron chi connectivity index (χ1n) is 16.1. The van der Waals surface area contributed by atoms with Gasteiger partial charge in [0.15, 0.2) is 0 Å². The van der Waals surface area contributed by atoms with E-state index in [0.717, 1.165) is 46.6 Å². The molecule has 0 saturated heterocycles. The Labute approximate surface area is 266 Å². The lowest BCUT2D eigenvalue weighted by atomic mass is 9.95. The summed E-state index contributed by atoms with van der Waals surface area (Å²) in [6.07, 6.45) is 2.63. The van der Waals surface area contributed by atoms with Crippen molar-refractivity contribution in [1.29, 1.82) is 0 Å². The number of benzene rings is 2. The molecule has 0 bridgehead atoms. The average Bonchev–Trinajstić information content (AvgIpc) is 3.44. The fourth-order valence-corrected chi connectivity index (χ4v) is 5.31.